The van der Waals surface area contributed by atoms with Crippen LogP contribution in [-0.4, -0.2) is 51.4 Å². The zero-order chi connectivity index (χ0) is 27.9. The van der Waals surface area contributed by atoms with Crippen LogP contribution in [0.3, 0.4) is 0 Å². The molecule has 0 aliphatic heterocycles. The quantitative estimate of drug-likeness (QED) is 0.377. The van der Waals surface area contributed by atoms with Crippen LogP contribution in [0.5, 0.6) is 5.75 Å². The van der Waals surface area contributed by atoms with E-state index in [0.29, 0.717) is 22.9 Å². The first-order chi connectivity index (χ1) is 18.1. The Morgan fingerprint density at radius 3 is 2.34 bits per heavy atom. The Morgan fingerprint density at radius 1 is 1.03 bits per heavy atom. The first-order valence-electron chi connectivity index (χ1n) is 12.1. The molecule has 1 N–H and O–H groups in total. The van der Waals surface area contributed by atoms with Crippen molar-refractivity contribution in [3.63, 3.8) is 0 Å². The SMILES string of the molecule is CCOc1ccccc1N(CC(=O)N(Cc1cccc(Cl)c1)C(C)C(=O)NC)S(=O)(=O)c1ccc(C)cc1. The molecular formula is C28H32ClN3O5S. The smallest absolute Gasteiger partial charge is 0.264 e. The summed E-state index contributed by atoms with van der Waals surface area (Å²) in [6.07, 6.45) is 0. The highest BCUT2D eigenvalue weighted by Gasteiger charge is 2.33. The number of nitrogens with one attached hydrogen (secondary N) is 1. The molecule has 10 heteroatoms. The first kappa shape index (κ1) is 29.0. The van der Waals surface area contributed by atoms with E-state index in [1.807, 2.05) is 6.92 Å². The number of anilines is 1. The second kappa shape index (κ2) is 12.8. The zero-order valence-corrected chi connectivity index (χ0v) is 23.4. The number of sulfonamides is 1. The lowest BCUT2D eigenvalue weighted by atomic mass is 10.1. The minimum absolute atomic E-state index is 0.0305. The van der Waals surface area contributed by atoms with E-state index in [0.717, 1.165) is 9.87 Å². The Balaban J connectivity index is 2.09. The Morgan fingerprint density at radius 2 is 1.71 bits per heavy atom. The molecule has 0 aliphatic carbocycles. The van der Waals surface area contributed by atoms with E-state index >= 15 is 0 Å². The summed E-state index contributed by atoms with van der Waals surface area (Å²) >= 11 is 6.14. The molecule has 0 aliphatic rings. The van der Waals surface area contributed by atoms with Gasteiger partial charge in [-0.1, -0.05) is 53.6 Å². The molecule has 2 amide bonds. The van der Waals surface area contributed by atoms with Gasteiger partial charge in [0.1, 0.15) is 18.3 Å². The maximum atomic E-state index is 13.9. The molecule has 0 spiro atoms. The van der Waals surface area contributed by atoms with Gasteiger partial charge >= 0.3 is 0 Å². The van der Waals surface area contributed by atoms with Gasteiger partial charge in [0.25, 0.3) is 10.0 Å². The predicted octanol–water partition coefficient (Wildman–Crippen LogP) is 4.41. The molecule has 3 rings (SSSR count). The van der Waals surface area contributed by atoms with Crippen LogP contribution in [0.4, 0.5) is 5.69 Å². The number of para-hydroxylation sites is 2. The molecule has 0 heterocycles. The molecule has 8 nitrogen and oxygen atoms in total. The Hall–Kier alpha value is -3.56. The highest BCUT2D eigenvalue weighted by Crippen LogP contribution is 2.33. The van der Waals surface area contributed by atoms with Crippen molar-refractivity contribution in [2.45, 2.75) is 38.3 Å². The molecule has 0 fully saturated rings. The van der Waals surface area contributed by atoms with E-state index in [1.165, 1.54) is 24.1 Å². The molecule has 0 saturated heterocycles. The lowest BCUT2D eigenvalue weighted by Crippen LogP contribution is -2.50. The molecule has 38 heavy (non-hydrogen) atoms. The van der Waals surface area contributed by atoms with E-state index in [2.05, 4.69) is 5.32 Å². The third kappa shape index (κ3) is 6.85. The average molecular weight is 558 g/mol. The number of halogens is 1. The van der Waals surface area contributed by atoms with E-state index in [9.17, 15) is 18.0 Å². The summed E-state index contributed by atoms with van der Waals surface area (Å²) in [7, 11) is -2.71. The molecular weight excluding hydrogens is 526 g/mol. The van der Waals surface area contributed by atoms with Gasteiger partial charge in [0.2, 0.25) is 11.8 Å². The predicted molar refractivity (Wildman–Crippen MR) is 149 cm³/mol. The molecule has 0 radical (unpaired) electrons. The van der Waals surface area contributed by atoms with Gasteiger partial charge in [0.15, 0.2) is 0 Å². The number of hydrogen-bond acceptors (Lipinski definition) is 5. The normalized spacial score (nSPS) is 11.9. The summed E-state index contributed by atoms with van der Waals surface area (Å²) in [6.45, 7) is 5.04. The Kier molecular flexibility index (Phi) is 9.77. The van der Waals surface area contributed by atoms with Crippen molar-refractivity contribution in [1.29, 1.82) is 0 Å². The fourth-order valence-electron chi connectivity index (χ4n) is 3.92. The van der Waals surface area contributed by atoms with E-state index in [-0.39, 0.29) is 23.0 Å². The van der Waals surface area contributed by atoms with Gasteiger partial charge in [-0.15, -0.1) is 0 Å². The Bertz CT molecular complexity index is 1380. The van der Waals surface area contributed by atoms with Crippen LogP contribution in [0.2, 0.25) is 5.02 Å². The standard InChI is InChI=1S/C28H32ClN3O5S/c1-5-37-26-12-7-6-11-25(26)32(38(35,36)24-15-13-20(2)14-16-24)19-27(33)31(21(3)28(34)30-4)18-22-9-8-10-23(29)17-22/h6-17,21H,5,18-19H2,1-4H3,(H,30,34). The topological polar surface area (TPSA) is 96.0 Å². The maximum Gasteiger partial charge on any atom is 0.264 e. The number of nitrogens with zero attached hydrogens (tertiary/aromatic N) is 2. The molecule has 0 aromatic heterocycles. The third-order valence-corrected chi connectivity index (χ3v) is 7.99. The molecule has 0 bridgehead atoms. The fourth-order valence-corrected chi connectivity index (χ4v) is 5.55. The highest BCUT2D eigenvalue weighted by atomic mass is 35.5. The summed E-state index contributed by atoms with van der Waals surface area (Å²) < 4.78 is 34.6. The molecule has 1 atom stereocenters. The first-order valence-corrected chi connectivity index (χ1v) is 14.0. The molecule has 0 saturated carbocycles. The van der Waals surface area contributed by atoms with Crippen LogP contribution in [0.15, 0.2) is 77.7 Å². The monoisotopic (exact) mass is 557 g/mol. The Labute approximate surface area is 229 Å². The molecule has 3 aromatic carbocycles. The number of rotatable bonds is 11. The zero-order valence-electron chi connectivity index (χ0n) is 21.8. The number of ether oxygens (including phenoxy) is 1. The number of carbonyl (C=O) groups excluding carboxylic acids is 2. The van der Waals surface area contributed by atoms with Gasteiger partial charge in [0.05, 0.1) is 17.2 Å². The van der Waals surface area contributed by atoms with Crippen molar-refractivity contribution >= 4 is 39.1 Å². The fraction of sp³-hybridized carbons (Fsp3) is 0.286. The second-order valence-corrected chi connectivity index (χ2v) is 11.0. The third-order valence-electron chi connectivity index (χ3n) is 5.98. The maximum absolute atomic E-state index is 13.9. The van der Waals surface area contributed by atoms with Gasteiger partial charge in [-0.3, -0.25) is 13.9 Å². The van der Waals surface area contributed by atoms with Crippen LogP contribution in [-0.2, 0) is 26.2 Å². The summed E-state index contributed by atoms with van der Waals surface area (Å²) in [5.41, 5.74) is 1.82. The van der Waals surface area contributed by atoms with Gasteiger partial charge in [0, 0.05) is 18.6 Å². The number of likely N-dealkylation sites (N-methyl/N-ethyl adjacent to an activating group) is 1. The van der Waals surface area contributed by atoms with Crippen molar-refractivity contribution in [2.75, 3.05) is 24.5 Å². The van der Waals surface area contributed by atoms with Crippen molar-refractivity contribution < 1.29 is 22.7 Å². The molecule has 1 unspecified atom stereocenters. The van der Waals surface area contributed by atoms with Crippen LogP contribution in [0.25, 0.3) is 0 Å². The minimum Gasteiger partial charge on any atom is -0.492 e. The minimum atomic E-state index is -4.19. The number of hydrogen-bond donors (Lipinski definition) is 1. The van der Waals surface area contributed by atoms with E-state index in [1.54, 1.807) is 74.5 Å². The second-order valence-electron chi connectivity index (χ2n) is 8.67. The van der Waals surface area contributed by atoms with Crippen LogP contribution >= 0.6 is 11.6 Å². The van der Waals surface area contributed by atoms with Gasteiger partial charge in [-0.05, 0) is 62.7 Å². The van der Waals surface area contributed by atoms with Crippen molar-refractivity contribution in [3.05, 3.63) is 88.9 Å². The van der Waals surface area contributed by atoms with Crippen molar-refractivity contribution in [2.24, 2.45) is 0 Å². The largest absolute Gasteiger partial charge is 0.492 e. The molecule has 202 valence electrons. The lowest BCUT2D eigenvalue weighted by Gasteiger charge is -2.32. The van der Waals surface area contributed by atoms with Crippen LogP contribution in [0, 0.1) is 6.92 Å². The number of benzene rings is 3. The number of carbonyl (C=O) groups is 2. The molecule has 3 aromatic rings. The van der Waals surface area contributed by atoms with E-state index < -0.39 is 28.5 Å². The summed E-state index contributed by atoms with van der Waals surface area (Å²) in [5, 5.41) is 3.04. The van der Waals surface area contributed by atoms with Crippen LogP contribution in [0.1, 0.15) is 25.0 Å². The number of amides is 2. The average Bonchev–Trinajstić information content (AvgIpc) is 2.90. The van der Waals surface area contributed by atoms with Crippen LogP contribution < -0.4 is 14.4 Å². The van der Waals surface area contributed by atoms with Crippen molar-refractivity contribution in [3.8, 4) is 5.75 Å². The van der Waals surface area contributed by atoms with Gasteiger partial charge < -0.3 is 15.0 Å². The van der Waals surface area contributed by atoms with E-state index in [4.69, 9.17) is 16.3 Å². The summed E-state index contributed by atoms with van der Waals surface area (Å²) in [6, 6.07) is 19.1. The summed E-state index contributed by atoms with van der Waals surface area (Å²) in [5.74, 6) is -0.634. The highest BCUT2D eigenvalue weighted by molar-refractivity contribution is 7.92. The number of aryl methyl sites for hydroxylation is 1. The summed E-state index contributed by atoms with van der Waals surface area (Å²) in [4.78, 5) is 27.8. The van der Waals surface area contributed by atoms with Crippen molar-refractivity contribution in [1.82, 2.24) is 10.2 Å². The van der Waals surface area contributed by atoms with Gasteiger partial charge in [-0.2, -0.15) is 0 Å². The van der Waals surface area contributed by atoms with Gasteiger partial charge in [-0.25, -0.2) is 8.42 Å². The lowest BCUT2D eigenvalue weighted by molar-refractivity contribution is -0.139.